The second-order valence-corrected chi connectivity index (χ2v) is 7.49. The smallest absolute Gasteiger partial charge is 0.227 e. The number of nitrogens with zero attached hydrogens (tertiary/aromatic N) is 3. The molecule has 0 unspecified atom stereocenters. The van der Waals surface area contributed by atoms with E-state index in [0.717, 1.165) is 34.2 Å². The zero-order chi connectivity index (χ0) is 21.3. The van der Waals surface area contributed by atoms with Gasteiger partial charge in [0.1, 0.15) is 12.5 Å². The summed E-state index contributed by atoms with van der Waals surface area (Å²) in [6.07, 6.45) is 14.2. The summed E-state index contributed by atoms with van der Waals surface area (Å²) in [7, 11) is 0. The molecule has 32 heavy (non-hydrogen) atoms. The third kappa shape index (κ3) is 3.18. The number of aromatic nitrogens is 3. The number of benzene rings is 2. The molecule has 0 saturated heterocycles. The first-order chi connectivity index (χ1) is 15.9. The summed E-state index contributed by atoms with van der Waals surface area (Å²) in [5.74, 6) is 1.16. The molecule has 0 spiro atoms. The quantitative estimate of drug-likeness (QED) is 0.411. The van der Waals surface area contributed by atoms with Crippen molar-refractivity contribution in [1.29, 1.82) is 0 Å². The molecule has 4 heterocycles. The highest BCUT2D eigenvalue weighted by Crippen LogP contribution is 2.36. The molecule has 154 valence electrons. The van der Waals surface area contributed by atoms with E-state index in [0.29, 0.717) is 11.8 Å². The first kappa shape index (κ1) is 18.3. The molecule has 6 nitrogen and oxygen atoms in total. The Kier molecular flexibility index (Phi) is 4.39. The number of dihydropyridines is 1. The van der Waals surface area contributed by atoms with Crippen LogP contribution in [0.15, 0.2) is 101 Å². The van der Waals surface area contributed by atoms with Crippen molar-refractivity contribution in [3.05, 3.63) is 104 Å². The van der Waals surface area contributed by atoms with Crippen molar-refractivity contribution in [3.63, 3.8) is 0 Å². The van der Waals surface area contributed by atoms with E-state index in [1.165, 1.54) is 16.5 Å². The number of rotatable bonds is 4. The molecule has 0 radical (unpaired) electrons. The number of hydrogen-bond donors (Lipinski definition) is 1. The first-order valence-electron chi connectivity index (χ1n) is 10.3. The van der Waals surface area contributed by atoms with Gasteiger partial charge in [0, 0.05) is 30.7 Å². The van der Waals surface area contributed by atoms with Crippen LogP contribution in [0.3, 0.4) is 0 Å². The Balaban J connectivity index is 1.47. The highest BCUT2D eigenvalue weighted by Gasteiger charge is 2.16. The van der Waals surface area contributed by atoms with Crippen LogP contribution in [0.2, 0.25) is 0 Å². The summed E-state index contributed by atoms with van der Waals surface area (Å²) >= 11 is 0. The lowest BCUT2D eigenvalue weighted by molar-refractivity contribution is 0.542. The van der Waals surface area contributed by atoms with Crippen molar-refractivity contribution in [1.82, 2.24) is 20.3 Å². The molecule has 1 aliphatic rings. The van der Waals surface area contributed by atoms with E-state index in [4.69, 9.17) is 8.83 Å². The minimum Gasteiger partial charge on any atom is -0.444 e. The van der Waals surface area contributed by atoms with Crippen molar-refractivity contribution in [2.24, 2.45) is 0 Å². The van der Waals surface area contributed by atoms with E-state index in [1.54, 1.807) is 31.1 Å². The van der Waals surface area contributed by atoms with Crippen molar-refractivity contribution in [3.8, 4) is 22.6 Å². The Morgan fingerprint density at radius 2 is 1.50 bits per heavy atom. The fourth-order valence-electron chi connectivity index (χ4n) is 4.11. The third-order valence-corrected chi connectivity index (χ3v) is 5.56. The van der Waals surface area contributed by atoms with Crippen LogP contribution in [-0.4, -0.2) is 21.5 Å². The van der Waals surface area contributed by atoms with Gasteiger partial charge < -0.3 is 14.2 Å². The lowest BCUT2D eigenvalue weighted by Gasteiger charge is -2.18. The highest BCUT2D eigenvalue weighted by atomic mass is 16.3. The molecule has 5 aromatic rings. The average Bonchev–Trinajstić information content (AvgIpc) is 3.59. The highest BCUT2D eigenvalue weighted by molar-refractivity contribution is 6.04. The van der Waals surface area contributed by atoms with E-state index < -0.39 is 0 Å². The maximum atomic E-state index is 5.48. The lowest BCUT2D eigenvalue weighted by Crippen LogP contribution is -2.14. The molecule has 6 heteroatoms. The monoisotopic (exact) mass is 418 g/mol. The summed E-state index contributed by atoms with van der Waals surface area (Å²) in [4.78, 5) is 13.0. The fourth-order valence-corrected chi connectivity index (χ4v) is 4.11. The molecule has 1 aliphatic heterocycles. The predicted octanol–water partition coefficient (Wildman–Crippen LogP) is 5.57. The van der Waals surface area contributed by atoms with Crippen LogP contribution in [0.4, 0.5) is 0 Å². The van der Waals surface area contributed by atoms with Gasteiger partial charge in [-0.05, 0) is 39.6 Å². The van der Waals surface area contributed by atoms with Gasteiger partial charge in [-0.3, -0.25) is 4.98 Å². The average molecular weight is 418 g/mol. The van der Waals surface area contributed by atoms with Crippen LogP contribution in [0, 0.1) is 0 Å². The van der Waals surface area contributed by atoms with Gasteiger partial charge in [0.25, 0.3) is 0 Å². The zero-order valence-electron chi connectivity index (χ0n) is 17.0. The largest absolute Gasteiger partial charge is 0.444 e. The molecule has 0 fully saturated rings. The minimum atomic E-state index is 0.560. The van der Waals surface area contributed by atoms with Gasteiger partial charge >= 0.3 is 0 Å². The Labute approximate surface area is 184 Å². The van der Waals surface area contributed by atoms with Gasteiger partial charge in [-0.15, -0.1) is 0 Å². The van der Waals surface area contributed by atoms with Crippen LogP contribution in [0.5, 0.6) is 0 Å². The van der Waals surface area contributed by atoms with Gasteiger partial charge in [0.2, 0.25) is 11.8 Å². The van der Waals surface area contributed by atoms with Crippen LogP contribution >= 0.6 is 0 Å². The van der Waals surface area contributed by atoms with Crippen molar-refractivity contribution >= 4 is 21.9 Å². The molecule has 3 aromatic heterocycles. The van der Waals surface area contributed by atoms with Crippen molar-refractivity contribution in [2.75, 3.05) is 6.54 Å². The number of pyridine rings is 1. The topological polar surface area (TPSA) is 77.0 Å². The molecular formula is C26H18N4O2. The van der Waals surface area contributed by atoms with Gasteiger partial charge in [0.15, 0.2) is 0 Å². The number of oxazole rings is 2. The van der Waals surface area contributed by atoms with E-state index >= 15 is 0 Å². The first-order valence-corrected chi connectivity index (χ1v) is 10.3. The van der Waals surface area contributed by atoms with Gasteiger partial charge in [-0.1, -0.05) is 36.4 Å². The number of allylic oxidation sites excluding steroid dienone is 2. The van der Waals surface area contributed by atoms with Crippen molar-refractivity contribution in [2.45, 2.75) is 0 Å². The van der Waals surface area contributed by atoms with Crippen LogP contribution in [0.1, 0.15) is 11.5 Å². The molecule has 0 saturated carbocycles. The summed E-state index contributed by atoms with van der Waals surface area (Å²) in [6, 6.07) is 14.8. The fraction of sp³-hybridized carbons (Fsp3) is 0.0385. The minimum absolute atomic E-state index is 0.560. The molecule has 0 atom stereocenters. The Morgan fingerprint density at radius 3 is 2.28 bits per heavy atom. The van der Waals surface area contributed by atoms with Crippen LogP contribution in [-0.2, 0) is 0 Å². The Hall–Kier alpha value is -4.45. The van der Waals surface area contributed by atoms with E-state index in [9.17, 15) is 0 Å². The SMILES string of the molecule is C1=C(c2ncco2)C=C(c2ccc(-c3cncc(-c4ncco4)c3)c3ccccc23)CN1. The van der Waals surface area contributed by atoms with Gasteiger partial charge in [0.05, 0.1) is 23.5 Å². The van der Waals surface area contributed by atoms with Gasteiger partial charge in [-0.25, -0.2) is 9.97 Å². The normalized spacial score (nSPS) is 13.5. The summed E-state index contributed by atoms with van der Waals surface area (Å²) in [5, 5.41) is 5.68. The molecule has 2 aromatic carbocycles. The molecule has 0 aliphatic carbocycles. The standard InChI is InChI=1S/C26H18N4O2/c1-2-4-24-22(18-12-20(16-28-14-18)26-30-8-10-32-26)6-5-21(23(24)3-1)17-11-19(15-27-13-17)25-29-7-9-31-25/h1-13,15-16,28H,14H2. The predicted molar refractivity (Wildman–Crippen MR) is 123 cm³/mol. The van der Waals surface area contributed by atoms with Gasteiger partial charge in [-0.2, -0.15) is 0 Å². The lowest BCUT2D eigenvalue weighted by atomic mass is 9.91. The Bertz CT molecular complexity index is 1470. The van der Waals surface area contributed by atoms with Crippen LogP contribution < -0.4 is 5.32 Å². The zero-order valence-corrected chi connectivity index (χ0v) is 17.0. The Morgan fingerprint density at radius 1 is 0.781 bits per heavy atom. The molecule has 1 N–H and O–H groups in total. The van der Waals surface area contributed by atoms with E-state index in [-0.39, 0.29) is 0 Å². The summed E-state index contributed by atoms with van der Waals surface area (Å²) in [6.45, 7) is 0.731. The maximum absolute atomic E-state index is 5.48. The number of nitrogens with one attached hydrogen (secondary N) is 1. The van der Waals surface area contributed by atoms with Crippen molar-refractivity contribution < 1.29 is 8.83 Å². The maximum Gasteiger partial charge on any atom is 0.227 e. The third-order valence-electron chi connectivity index (χ3n) is 5.56. The second kappa shape index (κ2) is 7.67. The second-order valence-electron chi connectivity index (χ2n) is 7.49. The molecular weight excluding hydrogens is 400 g/mol. The van der Waals surface area contributed by atoms with Crippen LogP contribution in [0.25, 0.3) is 44.5 Å². The van der Waals surface area contributed by atoms with E-state index in [2.05, 4.69) is 68.8 Å². The summed E-state index contributed by atoms with van der Waals surface area (Å²) < 4.78 is 10.9. The van der Waals surface area contributed by atoms with E-state index in [1.807, 2.05) is 12.4 Å². The number of fused-ring (bicyclic) bond motifs is 1. The summed E-state index contributed by atoms with van der Waals surface area (Å²) in [5.41, 5.74) is 6.24. The molecule has 6 rings (SSSR count). The number of hydrogen-bond acceptors (Lipinski definition) is 6. The molecule has 0 amide bonds. The molecule has 0 bridgehead atoms.